The molecule has 1 aromatic rings. The topological polar surface area (TPSA) is 86.5 Å². The Hall–Kier alpha value is -0.920. The zero-order valence-electron chi connectivity index (χ0n) is 12.5. The minimum atomic E-state index is -3.71. The number of rotatable bonds is 5. The Morgan fingerprint density at radius 1 is 1.19 bits per heavy atom. The Morgan fingerprint density at radius 2 is 1.67 bits per heavy atom. The molecule has 110 valence electrons. The lowest BCUT2D eigenvalue weighted by atomic mass is 9.59. The molecule has 0 amide bonds. The first-order chi connectivity index (χ1) is 9.22. The van der Waals surface area contributed by atoms with Gasteiger partial charge in [-0.15, -0.1) is 11.6 Å². The predicted molar refractivity (Wildman–Crippen MR) is 92.4 cm³/mol. The summed E-state index contributed by atoms with van der Waals surface area (Å²) >= 11 is 6.21. The van der Waals surface area contributed by atoms with Crippen LogP contribution < -0.4 is 0 Å². The van der Waals surface area contributed by atoms with E-state index < -0.39 is 25.1 Å². The Balaban J connectivity index is 3.48. The van der Waals surface area contributed by atoms with Crippen LogP contribution in [0, 0.1) is 10.1 Å². The molecule has 0 unspecified atom stereocenters. The van der Waals surface area contributed by atoms with Gasteiger partial charge in [-0.1, -0.05) is 6.07 Å². The van der Waals surface area contributed by atoms with Gasteiger partial charge in [0.05, 0.1) is 11.2 Å². The quantitative estimate of drug-likeness (QED) is 0.197. The van der Waals surface area contributed by atoms with E-state index >= 15 is 0 Å². The number of nitrogens with zero attached hydrogens (tertiary/aromatic N) is 1. The van der Waals surface area contributed by atoms with Crippen molar-refractivity contribution < 1.29 is 17.5 Å². The Morgan fingerprint density at radius 3 is 2.05 bits per heavy atom. The second kappa shape index (κ2) is 5.70. The molecule has 0 aliphatic carbocycles. The van der Waals surface area contributed by atoms with Crippen LogP contribution in [0.15, 0.2) is 18.2 Å². The van der Waals surface area contributed by atoms with Gasteiger partial charge in [0.15, 0.2) is 0 Å². The lowest BCUT2D eigenvalue weighted by Crippen LogP contribution is -2.34. The van der Waals surface area contributed by atoms with Crippen LogP contribution >= 0.6 is 11.6 Å². The summed E-state index contributed by atoms with van der Waals surface area (Å²) in [7, 11) is 2.73. The molecular formula is C9H14B4ClNO5S. The van der Waals surface area contributed by atoms with E-state index in [1.807, 2.05) is 0 Å². The molecule has 0 spiro atoms. The molecule has 1 aromatic carbocycles. The minimum Gasteiger partial charge on any atom is -0.277 e. The average molecular weight is 327 g/mol. The predicted octanol–water partition coefficient (Wildman–Crippen LogP) is -2.44. The van der Waals surface area contributed by atoms with E-state index in [2.05, 4.69) is 0 Å². The first-order valence-electron chi connectivity index (χ1n) is 6.12. The second-order valence-electron chi connectivity index (χ2n) is 5.80. The molecule has 0 heterocycles. The second-order valence-corrected chi connectivity index (χ2v) is 8.32. The maximum absolute atomic E-state index is 11.3. The third kappa shape index (κ3) is 5.09. The van der Waals surface area contributed by atoms with Crippen molar-refractivity contribution in [3.8, 4) is 0 Å². The van der Waals surface area contributed by atoms with Crippen molar-refractivity contribution in [2.75, 3.05) is 6.26 Å². The van der Waals surface area contributed by atoms with E-state index in [-0.39, 0.29) is 5.69 Å². The van der Waals surface area contributed by atoms with E-state index in [0.717, 1.165) is 6.26 Å². The van der Waals surface area contributed by atoms with Crippen LogP contribution in [0.1, 0.15) is 11.1 Å². The summed E-state index contributed by atoms with van der Waals surface area (Å²) < 4.78 is 26.9. The number of hydrogen-bond donors (Lipinski definition) is 0. The van der Waals surface area contributed by atoms with Crippen LogP contribution in [0.4, 0.5) is 5.69 Å². The number of nitro groups is 1. The molecule has 6 nitrogen and oxygen atoms in total. The van der Waals surface area contributed by atoms with Crippen LogP contribution in [0.2, 0.25) is 0 Å². The molecule has 0 saturated heterocycles. The molecule has 21 heavy (non-hydrogen) atoms. The molecular weight excluding hydrogens is 313 g/mol. The van der Waals surface area contributed by atoms with Gasteiger partial charge in [0, 0.05) is 22.2 Å². The third-order valence-electron chi connectivity index (χ3n) is 2.87. The monoisotopic (exact) mass is 327 g/mol. The molecule has 0 atom stereocenters. The molecule has 0 aliphatic heterocycles. The SMILES string of the molecule is BC(B)(Cl)c1cc([N+](=O)[O-])cc(C(B)(B)OS(C)(=O)=O)c1. The van der Waals surface area contributed by atoms with Gasteiger partial charge in [-0.05, 0) is 11.1 Å². The largest absolute Gasteiger partial charge is 0.277 e. The lowest BCUT2D eigenvalue weighted by Gasteiger charge is -2.26. The molecule has 0 radical (unpaired) electrons. The Bertz CT molecular complexity index is 673. The number of non-ortho nitro benzene ring substituents is 1. The molecule has 0 aromatic heterocycles. The minimum absolute atomic E-state index is 0.165. The van der Waals surface area contributed by atoms with Crippen LogP contribution in [-0.4, -0.2) is 51.0 Å². The number of alkyl halides is 1. The fraction of sp³-hybridized carbons (Fsp3) is 0.333. The van der Waals surface area contributed by atoms with Gasteiger partial charge in [-0.25, -0.2) is 0 Å². The number of nitro benzene ring substituents is 1. The van der Waals surface area contributed by atoms with Crippen LogP contribution in [-0.2, 0) is 24.4 Å². The zero-order chi connectivity index (χ0) is 16.6. The summed E-state index contributed by atoms with van der Waals surface area (Å²) in [5.74, 6) is 0. The highest BCUT2D eigenvalue weighted by atomic mass is 35.5. The standard InChI is InChI=1S/C9H14B4ClNO5S/c1-21(18,19)20-9(12,13)6-2-5(8(10,11)14)3-7(4-6)15(16)17/h2-4H,10-13H2,1H3. The van der Waals surface area contributed by atoms with Crippen LogP contribution in [0.3, 0.4) is 0 Å². The number of hydrogen-bond acceptors (Lipinski definition) is 5. The van der Waals surface area contributed by atoms with Crippen molar-refractivity contribution in [3.05, 3.63) is 39.4 Å². The molecule has 1 rings (SSSR count). The van der Waals surface area contributed by atoms with Crippen LogP contribution in [0.25, 0.3) is 0 Å². The van der Waals surface area contributed by atoms with Gasteiger partial charge >= 0.3 is 0 Å². The maximum atomic E-state index is 11.3. The average Bonchev–Trinajstić information content (AvgIpc) is 2.23. The normalized spacial score (nSPS) is 13.0. The summed E-state index contributed by atoms with van der Waals surface area (Å²) in [6, 6.07) is 4.27. The molecule has 0 N–H and O–H groups in total. The van der Waals surface area contributed by atoms with E-state index in [4.69, 9.17) is 15.8 Å². The van der Waals surface area contributed by atoms with E-state index in [1.54, 1.807) is 21.8 Å². The fourth-order valence-corrected chi connectivity index (χ4v) is 2.80. The summed E-state index contributed by atoms with van der Waals surface area (Å²) in [6.45, 7) is 0. The van der Waals surface area contributed by atoms with E-state index in [0.29, 0.717) is 11.1 Å². The molecule has 0 aliphatic rings. The molecule has 0 fully saturated rings. The van der Waals surface area contributed by atoms with Crippen molar-refractivity contribution in [1.82, 2.24) is 0 Å². The Labute approximate surface area is 132 Å². The fourth-order valence-electron chi connectivity index (χ4n) is 1.83. The van der Waals surface area contributed by atoms with Crippen molar-refractivity contribution in [2.24, 2.45) is 0 Å². The van der Waals surface area contributed by atoms with Gasteiger partial charge in [-0.2, -0.15) is 8.42 Å². The summed E-state index contributed by atoms with van der Waals surface area (Å²) in [6.07, 6.45) is 0.929. The van der Waals surface area contributed by atoms with Crippen molar-refractivity contribution in [1.29, 1.82) is 0 Å². The van der Waals surface area contributed by atoms with Crippen molar-refractivity contribution >= 4 is 58.8 Å². The number of halogens is 1. The molecule has 0 bridgehead atoms. The van der Waals surface area contributed by atoms with E-state index in [1.165, 1.54) is 27.8 Å². The van der Waals surface area contributed by atoms with Gasteiger partial charge in [0.2, 0.25) is 0 Å². The summed E-state index contributed by atoms with van der Waals surface area (Å²) in [5.41, 5.74) is 0.714. The van der Waals surface area contributed by atoms with Gasteiger partial charge in [0.1, 0.15) is 31.4 Å². The van der Waals surface area contributed by atoms with Crippen molar-refractivity contribution in [2.45, 2.75) is 10.1 Å². The van der Waals surface area contributed by atoms with Crippen LogP contribution in [0.5, 0.6) is 0 Å². The first kappa shape index (κ1) is 18.1. The van der Waals surface area contributed by atoms with Gasteiger partial charge in [-0.3, -0.25) is 14.3 Å². The first-order valence-corrected chi connectivity index (χ1v) is 8.32. The highest BCUT2D eigenvalue weighted by molar-refractivity contribution is 7.86. The molecule has 12 heteroatoms. The summed E-state index contributed by atoms with van der Waals surface area (Å²) in [5, 5.41) is 9.81. The third-order valence-corrected chi connectivity index (χ3v) is 3.81. The van der Waals surface area contributed by atoms with Crippen molar-refractivity contribution in [3.63, 3.8) is 0 Å². The summed E-state index contributed by atoms with van der Waals surface area (Å²) in [4.78, 5) is 10.5. The Kier molecular flexibility index (Phi) is 4.92. The zero-order valence-corrected chi connectivity index (χ0v) is 14.1. The van der Waals surface area contributed by atoms with Gasteiger partial charge < -0.3 is 0 Å². The smallest absolute Gasteiger partial charge is 0.270 e. The highest BCUT2D eigenvalue weighted by Crippen LogP contribution is 2.31. The van der Waals surface area contributed by atoms with Gasteiger partial charge in [0.25, 0.3) is 15.8 Å². The highest BCUT2D eigenvalue weighted by Gasteiger charge is 2.30. The number of benzene rings is 1. The maximum Gasteiger partial charge on any atom is 0.270 e. The lowest BCUT2D eigenvalue weighted by molar-refractivity contribution is -0.385. The molecule has 0 saturated carbocycles. The van der Waals surface area contributed by atoms with E-state index in [9.17, 15) is 18.5 Å².